The predicted octanol–water partition coefficient (Wildman–Crippen LogP) is 1.79. The van der Waals surface area contributed by atoms with Crippen LogP contribution in [0.3, 0.4) is 0 Å². The molecule has 2 heterocycles. The molecule has 1 amide bonds. The van der Waals surface area contributed by atoms with Crippen molar-refractivity contribution in [2.24, 2.45) is 0 Å². The summed E-state index contributed by atoms with van der Waals surface area (Å²) < 4.78 is 5.27. The number of rotatable bonds is 1. The lowest BCUT2D eigenvalue weighted by Crippen LogP contribution is -2.53. The molecule has 2 fully saturated rings. The Labute approximate surface area is 97.1 Å². The Morgan fingerprint density at radius 2 is 1.94 bits per heavy atom. The molecule has 0 aliphatic carbocycles. The Morgan fingerprint density at radius 3 is 2.62 bits per heavy atom. The van der Waals surface area contributed by atoms with Crippen LogP contribution < -0.4 is 10.6 Å². The van der Waals surface area contributed by atoms with Gasteiger partial charge in [0.15, 0.2) is 0 Å². The van der Waals surface area contributed by atoms with E-state index in [1.165, 1.54) is 12.8 Å². The molecule has 0 radical (unpaired) electrons. The number of carbonyl (C=O) groups excluding carboxylic acids is 1. The minimum atomic E-state index is -0.412. The number of nitrogens with one attached hydrogen (secondary N) is 2. The molecule has 3 atom stereocenters. The third-order valence-corrected chi connectivity index (χ3v) is 3.29. The van der Waals surface area contributed by atoms with Gasteiger partial charge in [0, 0.05) is 18.1 Å². The van der Waals surface area contributed by atoms with Crippen molar-refractivity contribution < 1.29 is 9.53 Å². The maximum atomic E-state index is 11.6. The highest BCUT2D eigenvalue weighted by Gasteiger charge is 2.36. The summed E-state index contributed by atoms with van der Waals surface area (Å²) in [5.74, 6) is 0. The van der Waals surface area contributed by atoms with Gasteiger partial charge in [0.2, 0.25) is 0 Å². The lowest BCUT2D eigenvalue weighted by atomic mass is 10.0. The van der Waals surface area contributed by atoms with E-state index in [9.17, 15) is 4.79 Å². The van der Waals surface area contributed by atoms with E-state index >= 15 is 0 Å². The first-order valence-corrected chi connectivity index (χ1v) is 6.19. The molecular weight excluding hydrogens is 204 g/mol. The maximum absolute atomic E-state index is 11.6. The van der Waals surface area contributed by atoms with E-state index < -0.39 is 5.60 Å². The fourth-order valence-corrected chi connectivity index (χ4v) is 2.61. The first-order chi connectivity index (χ1) is 7.44. The van der Waals surface area contributed by atoms with Gasteiger partial charge in [0.05, 0.1) is 0 Å². The molecule has 4 heteroatoms. The summed E-state index contributed by atoms with van der Waals surface area (Å²) in [6.07, 6.45) is 4.37. The molecule has 0 spiro atoms. The number of hydrogen-bond donors (Lipinski definition) is 2. The van der Waals surface area contributed by atoms with Crippen molar-refractivity contribution in [3.05, 3.63) is 0 Å². The molecule has 0 unspecified atom stereocenters. The van der Waals surface area contributed by atoms with Crippen LogP contribution in [0.15, 0.2) is 0 Å². The van der Waals surface area contributed by atoms with Gasteiger partial charge in [0.1, 0.15) is 5.60 Å². The Balaban J connectivity index is 1.83. The highest BCUT2D eigenvalue weighted by atomic mass is 16.6. The summed E-state index contributed by atoms with van der Waals surface area (Å²) in [5, 5.41) is 6.52. The summed E-state index contributed by atoms with van der Waals surface area (Å²) >= 11 is 0. The largest absolute Gasteiger partial charge is 0.444 e. The number of alkyl carbamates (subject to hydrolysis) is 1. The van der Waals surface area contributed by atoms with Crippen LogP contribution in [0.1, 0.15) is 46.5 Å². The van der Waals surface area contributed by atoms with Crippen molar-refractivity contribution in [1.82, 2.24) is 10.6 Å². The van der Waals surface area contributed by atoms with Gasteiger partial charge < -0.3 is 15.4 Å². The monoisotopic (exact) mass is 226 g/mol. The normalized spacial score (nSPS) is 33.6. The number of hydrogen-bond acceptors (Lipinski definition) is 3. The molecule has 0 aromatic carbocycles. The summed E-state index contributed by atoms with van der Waals surface area (Å²) in [7, 11) is 0. The quantitative estimate of drug-likeness (QED) is 0.716. The van der Waals surface area contributed by atoms with Gasteiger partial charge in [-0.2, -0.15) is 0 Å². The molecule has 2 aliphatic heterocycles. The summed E-state index contributed by atoms with van der Waals surface area (Å²) in [4.78, 5) is 11.6. The molecular formula is C12H22N2O2. The number of carbonyl (C=O) groups is 1. The van der Waals surface area contributed by atoms with Crippen LogP contribution in [0.2, 0.25) is 0 Å². The van der Waals surface area contributed by atoms with Crippen LogP contribution in [-0.4, -0.2) is 29.8 Å². The first-order valence-electron chi connectivity index (χ1n) is 6.19. The third-order valence-electron chi connectivity index (χ3n) is 3.29. The van der Waals surface area contributed by atoms with E-state index in [2.05, 4.69) is 10.6 Å². The minimum absolute atomic E-state index is 0.244. The van der Waals surface area contributed by atoms with Crippen LogP contribution >= 0.6 is 0 Å². The van der Waals surface area contributed by atoms with Gasteiger partial charge in [-0.05, 0) is 46.5 Å². The van der Waals surface area contributed by atoms with E-state index in [4.69, 9.17) is 4.74 Å². The predicted molar refractivity (Wildman–Crippen MR) is 62.3 cm³/mol. The lowest BCUT2D eigenvalue weighted by molar-refractivity contribution is 0.0484. The van der Waals surface area contributed by atoms with Crippen molar-refractivity contribution in [3.8, 4) is 0 Å². The van der Waals surface area contributed by atoms with Gasteiger partial charge in [-0.15, -0.1) is 0 Å². The second-order valence-corrected chi connectivity index (χ2v) is 5.88. The van der Waals surface area contributed by atoms with Gasteiger partial charge in [-0.25, -0.2) is 4.79 Å². The fourth-order valence-electron chi connectivity index (χ4n) is 2.61. The van der Waals surface area contributed by atoms with Crippen LogP contribution in [0, 0.1) is 0 Å². The SMILES string of the molecule is CC(C)(C)OC(=O)N[C@@H]1CC[C@H]2CC[C@H]1N2. The van der Waals surface area contributed by atoms with Crippen molar-refractivity contribution in [3.63, 3.8) is 0 Å². The molecule has 0 aromatic heterocycles. The smallest absolute Gasteiger partial charge is 0.407 e. The van der Waals surface area contributed by atoms with Crippen molar-refractivity contribution >= 4 is 6.09 Å². The zero-order valence-electron chi connectivity index (χ0n) is 10.4. The van der Waals surface area contributed by atoms with Crippen LogP contribution in [0.4, 0.5) is 4.79 Å². The molecule has 2 saturated heterocycles. The molecule has 2 aliphatic rings. The topological polar surface area (TPSA) is 50.4 Å². The second kappa shape index (κ2) is 4.24. The summed E-state index contributed by atoms with van der Waals surface area (Å²) in [5.41, 5.74) is -0.412. The minimum Gasteiger partial charge on any atom is -0.444 e. The zero-order chi connectivity index (χ0) is 11.8. The number of amides is 1. The van der Waals surface area contributed by atoms with Crippen molar-refractivity contribution in [1.29, 1.82) is 0 Å². The average molecular weight is 226 g/mol. The van der Waals surface area contributed by atoms with E-state index in [0.717, 1.165) is 12.8 Å². The number of fused-ring (bicyclic) bond motifs is 2. The Morgan fingerprint density at radius 1 is 1.25 bits per heavy atom. The Bertz CT molecular complexity index is 273. The van der Waals surface area contributed by atoms with Gasteiger partial charge in [0.25, 0.3) is 0 Å². The van der Waals surface area contributed by atoms with Crippen molar-refractivity contribution in [2.45, 2.75) is 70.2 Å². The highest BCUT2D eigenvalue weighted by molar-refractivity contribution is 5.68. The molecule has 16 heavy (non-hydrogen) atoms. The molecule has 4 nitrogen and oxygen atoms in total. The second-order valence-electron chi connectivity index (χ2n) is 5.88. The zero-order valence-corrected chi connectivity index (χ0v) is 10.4. The third kappa shape index (κ3) is 2.88. The fraction of sp³-hybridized carbons (Fsp3) is 0.917. The molecule has 92 valence electrons. The lowest BCUT2D eigenvalue weighted by Gasteiger charge is -2.31. The molecule has 0 aromatic rings. The first kappa shape index (κ1) is 11.7. The average Bonchev–Trinajstić information content (AvgIpc) is 2.51. The standard InChI is InChI=1S/C12H22N2O2/c1-12(2,3)16-11(15)14-10-7-5-8-4-6-9(10)13-8/h8-10,13H,4-7H2,1-3H3,(H,14,15)/t8-,9-,10-/m1/s1. The Kier molecular flexibility index (Phi) is 3.10. The molecule has 2 rings (SSSR count). The summed E-state index contributed by atoms with van der Waals surface area (Å²) in [6, 6.07) is 1.38. The molecule has 0 saturated carbocycles. The highest BCUT2D eigenvalue weighted by Crippen LogP contribution is 2.26. The van der Waals surface area contributed by atoms with Gasteiger partial charge in [-0.3, -0.25) is 0 Å². The van der Waals surface area contributed by atoms with Crippen LogP contribution in [-0.2, 0) is 4.74 Å². The molecule has 2 bridgehead atoms. The van der Waals surface area contributed by atoms with Crippen LogP contribution in [0.25, 0.3) is 0 Å². The Hall–Kier alpha value is -0.770. The van der Waals surface area contributed by atoms with Gasteiger partial charge >= 0.3 is 6.09 Å². The molecule has 2 N–H and O–H groups in total. The maximum Gasteiger partial charge on any atom is 0.407 e. The van der Waals surface area contributed by atoms with E-state index in [1.54, 1.807) is 0 Å². The number of piperidine rings is 1. The van der Waals surface area contributed by atoms with Crippen molar-refractivity contribution in [2.75, 3.05) is 0 Å². The number of ether oxygens (including phenoxy) is 1. The van der Waals surface area contributed by atoms with E-state index in [1.807, 2.05) is 20.8 Å². The summed E-state index contributed by atoms with van der Waals surface area (Å²) in [6.45, 7) is 5.66. The van der Waals surface area contributed by atoms with Gasteiger partial charge in [-0.1, -0.05) is 0 Å². The van der Waals surface area contributed by atoms with E-state index in [0.29, 0.717) is 12.1 Å². The van der Waals surface area contributed by atoms with E-state index in [-0.39, 0.29) is 12.1 Å². The van der Waals surface area contributed by atoms with Crippen LogP contribution in [0.5, 0.6) is 0 Å².